The first-order valence-electron chi connectivity index (χ1n) is 11.1. The van der Waals surface area contributed by atoms with Gasteiger partial charge in [0.1, 0.15) is 0 Å². The van der Waals surface area contributed by atoms with E-state index in [9.17, 15) is 9.59 Å². The molecule has 3 rings (SSSR count). The summed E-state index contributed by atoms with van der Waals surface area (Å²) in [5.74, 6) is 0.455. The van der Waals surface area contributed by atoms with Crippen LogP contribution in [0.4, 0.5) is 5.69 Å². The fraction of sp³-hybridized carbons (Fsp3) is 0.440. The number of piperidine rings is 1. The van der Waals surface area contributed by atoms with Crippen LogP contribution < -0.4 is 10.6 Å². The minimum atomic E-state index is -0.206. The van der Waals surface area contributed by atoms with Gasteiger partial charge in [0.2, 0.25) is 0 Å². The molecule has 2 amide bonds. The fourth-order valence-corrected chi connectivity index (χ4v) is 3.70. The number of nitrogens with zero attached hydrogens (tertiary/aromatic N) is 1. The average molecular weight is 408 g/mol. The molecule has 0 radical (unpaired) electrons. The van der Waals surface area contributed by atoms with E-state index < -0.39 is 0 Å². The van der Waals surface area contributed by atoms with Gasteiger partial charge in [-0.05, 0) is 68.1 Å². The molecule has 1 heterocycles. The highest BCUT2D eigenvalue weighted by atomic mass is 16.2. The van der Waals surface area contributed by atoms with Crippen LogP contribution in [0.1, 0.15) is 65.8 Å². The Bertz CT molecular complexity index is 840. The summed E-state index contributed by atoms with van der Waals surface area (Å²) in [6, 6.07) is 14.9. The second kappa shape index (κ2) is 10.9. The molecule has 1 saturated heterocycles. The maximum atomic E-state index is 12.7. The predicted octanol–water partition coefficient (Wildman–Crippen LogP) is 4.70. The molecule has 2 N–H and O–H groups in total. The van der Waals surface area contributed by atoms with Crippen molar-refractivity contribution in [1.29, 1.82) is 0 Å². The molecule has 30 heavy (non-hydrogen) atoms. The highest BCUT2D eigenvalue weighted by Crippen LogP contribution is 2.19. The van der Waals surface area contributed by atoms with Crippen LogP contribution in [0.5, 0.6) is 0 Å². The predicted molar refractivity (Wildman–Crippen MR) is 122 cm³/mol. The van der Waals surface area contributed by atoms with Gasteiger partial charge in [-0.1, -0.05) is 44.5 Å². The number of hydrogen-bond acceptors (Lipinski definition) is 3. The Hall–Kier alpha value is -2.66. The second-order valence-corrected chi connectivity index (χ2v) is 8.26. The molecule has 5 heteroatoms. The number of benzene rings is 2. The van der Waals surface area contributed by atoms with Gasteiger partial charge in [-0.3, -0.25) is 14.5 Å². The van der Waals surface area contributed by atoms with Crippen LogP contribution in [0.25, 0.3) is 0 Å². The number of likely N-dealkylation sites (tertiary alicyclic amines) is 1. The molecule has 0 aromatic heterocycles. The highest BCUT2D eigenvalue weighted by molar-refractivity contribution is 6.09. The Morgan fingerprint density at radius 3 is 2.40 bits per heavy atom. The number of hydrogen-bond donors (Lipinski definition) is 2. The molecule has 0 aliphatic carbocycles. The number of rotatable bonds is 8. The summed E-state index contributed by atoms with van der Waals surface area (Å²) >= 11 is 0. The highest BCUT2D eigenvalue weighted by Gasteiger charge is 2.16. The molecule has 160 valence electrons. The summed E-state index contributed by atoms with van der Waals surface area (Å²) in [5, 5.41) is 5.80. The minimum Gasteiger partial charge on any atom is -0.352 e. The Kier molecular flexibility index (Phi) is 8.03. The van der Waals surface area contributed by atoms with Gasteiger partial charge in [-0.2, -0.15) is 0 Å². The SMILES string of the molecule is CCCCNC(=O)c1ccccc1NC(=O)c1ccc(CN2CCC(C)CC2)cc1. The molecule has 1 fully saturated rings. The molecule has 1 aliphatic heterocycles. The monoisotopic (exact) mass is 407 g/mol. The van der Waals surface area contributed by atoms with Crippen LogP contribution in [-0.2, 0) is 6.54 Å². The molecule has 0 bridgehead atoms. The molecule has 1 aliphatic rings. The largest absolute Gasteiger partial charge is 0.352 e. The van der Waals surface area contributed by atoms with Crippen molar-refractivity contribution in [2.24, 2.45) is 5.92 Å². The van der Waals surface area contributed by atoms with E-state index in [1.54, 1.807) is 18.2 Å². The molecule has 0 atom stereocenters. The average Bonchev–Trinajstić information content (AvgIpc) is 2.76. The van der Waals surface area contributed by atoms with E-state index in [0.29, 0.717) is 23.4 Å². The molecular weight excluding hydrogens is 374 g/mol. The van der Waals surface area contributed by atoms with E-state index in [1.165, 1.54) is 18.4 Å². The zero-order valence-electron chi connectivity index (χ0n) is 18.1. The van der Waals surface area contributed by atoms with Crippen molar-refractivity contribution < 1.29 is 9.59 Å². The number of unbranched alkanes of at least 4 members (excludes halogenated alkanes) is 1. The van der Waals surface area contributed by atoms with Gasteiger partial charge in [-0.25, -0.2) is 0 Å². The Morgan fingerprint density at radius 1 is 1.00 bits per heavy atom. The van der Waals surface area contributed by atoms with E-state index in [2.05, 4.69) is 29.4 Å². The molecule has 2 aromatic rings. The van der Waals surface area contributed by atoms with Gasteiger partial charge in [0, 0.05) is 18.7 Å². The van der Waals surface area contributed by atoms with E-state index in [1.807, 2.05) is 30.3 Å². The number of carbonyl (C=O) groups excluding carboxylic acids is 2. The third-order valence-corrected chi connectivity index (χ3v) is 5.73. The van der Waals surface area contributed by atoms with Gasteiger partial charge in [0.25, 0.3) is 11.8 Å². The lowest BCUT2D eigenvalue weighted by atomic mass is 9.99. The number of nitrogens with one attached hydrogen (secondary N) is 2. The van der Waals surface area contributed by atoms with Crippen LogP contribution >= 0.6 is 0 Å². The molecule has 0 spiro atoms. The van der Waals surface area contributed by atoms with Crippen LogP contribution in [0.2, 0.25) is 0 Å². The van der Waals surface area contributed by atoms with Gasteiger partial charge >= 0.3 is 0 Å². The standard InChI is InChI=1S/C25H33N3O2/c1-3-4-15-26-25(30)22-7-5-6-8-23(22)27-24(29)21-11-9-20(10-12-21)18-28-16-13-19(2)14-17-28/h5-12,19H,3-4,13-18H2,1-2H3,(H,26,30)(H,27,29). The topological polar surface area (TPSA) is 61.4 Å². The van der Waals surface area contributed by atoms with Crippen molar-refractivity contribution >= 4 is 17.5 Å². The van der Waals surface area contributed by atoms with E-state index in [4.69, 9.17) is 0 Å². The summed E-state index contributed by atoms with van der Waals surface area (Å²) in [6.45, 7) is 8.24. The third kappa shape index (κ3) is 6.17. The quantitative estimate of drug-likeness (QED) is 0.624. The van der Waals surface area contributed by atoms with Gasteiger partial charge in [0.05, 0.1) is 11.3 Å². The van der Waals surface area contributed by atoms with Crippen LogP contribution in [0.15, 0.2) is 48.5 Å². The first kappa shape index (κ1) is 22.0. The van der Waals surface area contributed by atoms with Crippen molar-refractivity contribution in [1.82, 2.24) is 10.2 Å². The Labute approximate surface area is 179 Å². The van der Waals surface area contributed by atoms with Gasteiger partial charge < -0.3 is 10.6 Å². The van der Waals surface area contributed by atoms with E-state index in [-0.39, 0.29) is 11.8 Å². The van der Waals surface area contributed by atoms with Gasteiger partial charge in [0.15, 0.2) is 0 Å². The third-order valence-electron chi connectivity index (χ3n) is 5.73. The summed E-state index contributed by atoms with van der Waals surface area (Å²) < 4.78 is 0. The Balaban J connectivity index is 1.60. The molecule has 0 unspecified atom stereocenters. The molecule has 5 nitrogen and oxygen atoms in total. The first-order valence-corrected chi connectivity index (χ1v) is 11.1. The normalized spacial score (nSPS) is 15.0. The summed E-state index contributed by atoms with van der Waals surface area (Å²) in [6.07, 6.45) is 4.46. The number of carbonyl (C=O) groups is 2. The zero-order valence-corrected chi connectivity index (χ0v) is 18.1. The summed E-state index contributed by atoms with van der Waals surface area (Å²) in [4.78, 5) is 27.7. The Morgan fingerprint density at radius 2 is 1.70 bits per heavy atom. The van der Waals surface area contributed by atoms with Crippen molar-refractivity contribution in [2.75, 3.05) is 25.0 Å². The molecular formula is C25H33N3O2. The van der Waals surface area contributed by atoms with E-state index >= 15 is 0 Å². The van der Waals surface area contributed by atoms with Crippen molar-refractivity contribution in [3.05, 3.63) is 65.2 Å². The molecule has 0 saturated carbocycles. The maximum absolute atomic E-state index is 12.7. The fourth-order valence-electron chi connectivity index (χ4n) is 3.70. The zero-order chi connectivity index (χ0) is 21.3. The van der Waals surface area contributed by atoms with E-state index in [0.717, 1.165) is 38.4 Å². The number of amides is 2. The summed E-state index contributed by atoms with van der Waals surface area (Å²) in [7, 11) is 0. The van der Waals surface area contributed by atoms with Crippen molar-refractivity contribution in [2.45, 2.75) is 46.1 Å². The van der Waals surface area contributed by atoms with Crippen LogP contribution in [0.3, 0.4) is 0 Å². The molecule has 2 aromatic carbocycles. The van der Waals surface area contributed by atoms with Crippen molar-refractivity contribution in [3.8, 4) is 0 Å². The van der Waals surface area contributed by atoms with Crippen LogP contribution in [0, 0.1) is 5.92 Å². The second-order valence-electron chi connectivity index (χ2n) is 8.26. The van der Waals surface area contributed by atoms with Gasteiger partial charge in [-0.15, -0.1) is 0 Å². The smallest absolute Gasteiger partial charge is 0.255 e. The maximum Gasteiger partial charge on any atom is 0.255 e. The lowest BCUT2D eigenvalue weighted by Crippen LogP contribution is -2.32. The lowest BCUT2D eigenvalue weighted by Gasteiger charge is -2.30. The number of anilines is 1. The van der Waals surface area contributed by atoms with Crippen LogP contribution in [-0.4, -0.2) is 36.3 Å². The number of para-hydroxylation sites is 1. The first-order chi connectivity index (χ1) is 14.6. The lowest BCUT2D eigenvalue weighted by molar-refractivity contribution is 0.0954. The summed E-state index contributed by atoms with van der Waals surface area (Å²) in [5.41, 5.74) is 2.82. The van der Waals surface area contributed by atoms with Crippen molar-refractivity contribution in [3.63, 3.8) is 0 Å². The minimum absolute atomic E-state index is 0.162.